The zero-order chi connectivity index (χ0) is 91.5. The van der Waals surface area contributed by atoms with Gasteiger partial charge >= 0.3 is 0 Å². The molecule has 24 aromatic rings. The lowest BCUT2D eigenvalue weighted by molar-refractivity contribution is 1.28. The minimum absolute atomic E-state index is 1.09. The van der Waals surface area contributed by atoms with E-state index in [1.165, 1.54) is 126 Å². The third-order valence-corrected chi connectivity index (χ3v) is 28.2. The molecule has 0 aromatic heterocycles. The molecular formula is C132H98N4. The van der Waals surface area contributed by atoms with E-state index in [1.54, 1.807) is 0 Å². The minimum atomic E-state index is 1.09. The summed E-state index contributed by atoms with van der Waals surface area (Å²) in [6.07, 6.45) is 0. The Morgan fingerprint density at radius 3 is 0.625 bits per heavy atom. The van der Waals surface area contributed by atoms with Gasteiger partial charge in [0.1, 0.15) is 0 Å². The number of hydrogen-bond acceptors (Lipinski definition) is 4. The monoisotopic (exact) mass is 1740 g/mol. The predicted octanol–water partition coefficient (Wildman–Crippen LogP) is 37.9. The lowest BCUT2D eigenvalue weighted by Gasteiger charge is -2.30. The maximum Gasteiger partial charge on any atom is 0.0546 e. The van der Waals surface area contributed by atoms with Crippen LogP contribution in [0.3, 0.4) is 0 Å². The highest BCUT2D eigenvalue weighted by atomic mass is 15.2. The van der Waals surface area contributed by atoms with E-state index in [2.05, 4.69) is 524 Å². The summed E-state index contributed by atoms with van der Waals surface area (Å²) in [5, 5.41) is 23.5. The molecule has 0 saturated heterocycles. The van der Waals surface area contributed by atoms with Crippen LogP contribution in [0.5, 0.6) is 0 Å². The lowest BCUT2D eigenvalue weighted by atomic mass is 9.88. The van der Waals surface area contributed by atoms with Crippen molar-refractivity contribution in [3.8, 4) is 55.6 Å². The molecule has 4 nitrogen and oxygen atoms in total. The van der Waals surface area contributed by atoms with Gasteiger partial charge in [-0.05, 0) is 361 Å². The zero-order valence-corrected chi connectivity index (χ0v) is 77.5. The standard InChI is InChI=1S/C132H98N4/c1-83-26-50-103(51-27-83)133(104-52-28-84(2)29-53-104)129-80-126-122-76-97(46-69-118(122)130(134(105-54-30-85(3)31-55-105)106-56-32-86(4)33-57-106)79-125(126)121-75-96(45-68-117(121)129)94-43-42-91-16-9-10-18-93(91)72-94)95-44-66-115-98(73-95)20-14-24-112(115)100-47-67-116-99(74-100)21-15-25-114(116)102-49-71-120-124(78-102)128-82-131(135(107-58-34-87(5)35-59-107)108-60-36-88(6)37-61-108)119-70-48-101(113-23-13-19-92-17-11-12-22-111(92)113)77-123(119)127(128)81-132(120)136(109-62-38-89(7)39-63-109)110-64-40-90(8)41-65-110/h9-82H,1-8H3. The van der Waals surface area contributed by atoms with Gasteiger partial charge < -0.3 is 19.6 Å². The molecule has 0 aliphatic rings. The van der Waals surface area contributed by atoms with E-state index < -0.39 is 0 Å². The van der Waals surface area contributed by atoms with Gasteiger partial charge in [-0.25, -0.2) is 0 Å². The van der Waals surface area contributed by atoms with E-state index >= 15 is 0 Å². The fraction of sp³-hybridized carbons (Fsp3) is 0.0606. The van der Waals surface area contributed by atoms with Crippen molar-refractivity contribution in [2.45, 2.75) is 55.4 Å². The van der Waals surface area contributed by atoms with Crippen LogP contribution in [0.4, 0.5) is 68.2 Å². The zero-order valence-electron chi connectivity index (χ0n) is 77.5. The predicted molar refractivity (Wildman–Crippen MR) is 585 cm³/mol. The van der Waals surface area contributed by atoms with Gasteiger partial charge in [-0.3, -0.25) is 0 Å². The molecule has 0 atom stereocenters. The van der Waals surface area contributed by atoms with Crippen LogP contribution in [0.25, 0.3) is 163 Å². The first-order valence-electron chi connectivity index (χ1n) is 47.4. The van der Waals surface area contributed by atoms with Gasteiger partial charge in [-0.2, -0.15) is 0 Å². The summed E-state index contributed by atoms with van der Waals surface area (Å²) in [4.78, 5) is 9.91. The normalized spacial score (nSPS) is 11.7. The lowest BCUT2D eigenvalue weighted by Crippen LogP contribution is -2.12. The summed E-state index contributed by atoms with van der Waals surface area (Å²) in [5.74, 6) is 0. The van der Waals surface area contributed by atoms with Gasteiger partial charge in [0.2, 0.25) is 0 Å². The molecule has 24 rings (SSSR count). The van der Waals surface area contributed by atoms with Crippen molar-refractivity contribution in [3.63, 3.8) is 0 Å². The van der Waals surface area contributed by atoms with Crippen LogP contribution < -0.4 is 19.6 Å². The first-order chi connectivity index (χ1) is 66.6. The molecular weight excluding hydrogens is 1640 g/mol. The Labute approximate surface area is 794 Å². The molecule has 0 amide bonds. The highest BCUT2D eigenvalue weighted by Gasteiger charge is 2.28. The third-order valence-electron chi connectivity index (χ3n) is 28.2. The van der Waals surface area contributed by atoms with Crippen molar-refractivity contribution in [3.05, 3.63) is 493 Å². The highest BCUT2D eigenvalue weighted by molar-refractivity contribution is 6.28. The second kappa shape index (κ2) is 33.7. The number of aryl methyl sites for hydroxylation is 8. The molecule has 0 heterocycles. The van der Waals surface area contributed by atoms with Crippen LogP contribution in [0.2, 0.25) is 0 Å². The van der Waals surface area contributed by atoms with Crippen LogP contribution >= 0.6 is 0 Å². The van der Waals surface area contributed by atoms with Crippen LogP contribution in [0, 0.1) is 55.4 Å². The SMILES string of the molecule is Cc1ccc(N(c2ccc(C)cc2)c2cc3c4cc(-c5ccc6ccccc6c5)ccc4c(N(c4ccc(C)cc4)c4ccc(C)cc4)cc3c3cc(-c4ccc5c(-c6ccc7c(-c8ccc9c(N(c%10ccc(C)cc%10)c%10ccc(C)cc%10)cc%10c%11cc(-c%12cccc%13ccccc%12%13)ccc%11c(N(c%11ccc(C)cc%11)c%11ccc(C)cc%11)cc%10c9c8)cccc7c6)cccc5c4)ccc23)cc1. The molecule has 0 aliphatic carbocycles. The maximum absolute atomic E-state index is 2.50. The topological polar surface area (TPSA) is 13.0 Å². The summed E-state index contributed by atoms with van der Waals surface area (Å²) < 4.78 is 0. The Morgan fingerprint density at radius 2 is 0.316 bits per heavy atom. The summed E-state index contributed by atoms with van der Waals surface area (Å²) in [6, 6.07) is 170. The average molecular weight is 1740 g/mol. The Morgan fingerprint density at radius 1 is 0.118 bits per heavy atom. The second-order valence-corrected chi connectivity index (χ2v) is 37.4. The van der Waals surface area contributed by atoms with Crippen molar-refractivity contribution in [1.82, 2.24) is 0 Å². The number of anilines is 12. The number of rotatable bonds is 17. The fourth-order valence-electron chi connectivity index (χ4n) is 21.0. The fourth-order valence-corrected chi connectivity index (χ4v) is 21.0. The van der Waals surface area contributed by atoms with E-state index in [9.17, 15) is 0 Å². The molecule has 4 heteroatoms. The Bertz CT molecular complexity index is 8700. The van der Waals surface area contributed by atoms with Gasteiger partial charge in [0.25, 0.3) is 0 Å². The average Bonchev–Trinajstić information content (AvgIpc) is 0.720. The van der Waals surface area contributed by atoms with Crippen molar-refractivity contribution >= 4 is 176 Å². The summed E-state index contributed by atoms with van der Waals surface area (Å²) in [5.41, 5.74) is 34.4. The van der Waals surface area contributed by atoms with Crippen LogP contribution in [0.15, 0.2) is 449 Å². The largest absolute Gasteiger partial charge is 0.310 e. The van der Waals surface area contributed by atoms with Gasteiger partial charge in [-0.1, -0.05) is 330 Å². The number of benzene rings is 24. The van der Waals surface area contributed by atoms with E-state index in [4.69, 9.17) is 0 Å². The third kappa shape index (κ3) is 14.8. The minimum Gasteiger partial charge on any atom is -0.310 e. The molecule has 646 valence electrons. The molecule has 0 N–H and O–H groups in total. The van der Waals surface area contributed by atoms with Crippen LogP contribution in [0.1, 0.15) is 44.5 Å². The molecule has 0 bridgehead atoms. The number of hydrogen-bond donors (Lipinski definition) is 0. The van der Waals surface area contributed by atoms with Gasteiger partial charge in [0, 0.05) is 67.0 Å². The second-order valence-electron chi connectivity index (χ2n) is 37.4. The van der Waals surface area contributed by atoms with Crippen molar-refractivity contribution in [1.29, 1.82) is 0 Å². The summed E-state index contributed by atoms with van der Waals surface area (Å²) in [6.45, 7) is 17.4. The van der Waals surface area contributed by atoms with Crippen molar-refractivity contribution in [2.75, 3.05) is 19.6 Å². The molecule has 0 fully saturated rings. The Hall–Kier alpha value is -16.9. The summed E-state index contributed by atoms with van der Waals surface area (Å²) in [7, 11) is 0. The Kier molecular flexibility index (Phi) is 20.4. The molecule has 136 heavy (non-hydrogen) atoms. The first-order valence-corrected chi connectivity index (χ1v) is 47.4. The van der Waals surface area contributed by atoms with Crippen LogP contribution in [-0.2, 0) is 0 Å². The van der Waals surface area contributed by atoms with Crippen molar-refractivity contribution in [2.24, 2.45) is 0 Å². The van der Waals surface area contributed by atoms with Gasteiger partial charge in [0.15, 0.2) is 0 Å². The van der Waals surface area contributed by atoms with Crippen molar-refractivity contribution < 1.29 is 0 Å². The van der Waals surface area contributed by atoms with Gasteiger partial charge in [0.05, 0.1) is 22.7 Å². The smallest absolute Gasteiger partial charge is 0.0546 e. The quantitative estimate of drug-likeness (QED) is 0.0843. The molecule has 0 radical (unpaired) electrons. The molecule has 0 saturated carbocycles. The number of fused-ring (bicyclic) bond motifs is 14. The maximum atomic E-state index is 2.50. The Balaban J connectivity index is 0.682. The highest BCUT2D eigenvalue weighted by Crippen LogP contribution is 2.54. The van der Waals surface area contributed by atoms with E-state index in [0.29, 0.717) is 0 Å². The summed E-state index contributed by atoms with van der Waals surface area (Å²) >= 11 is 0. The van der Waals surface area contributed by atoms with E-state index in [0.717, 1.165) is 150 Å². The van der Waals surface area contributed by atoms with Crippen LogP contribution in [-0.4, -0.2) is 0 Å². The molecule has 0 unspecified atom stereocenters. The number of nitrogens with zero attached hydrogens (tertiary/aromatic N) is 4. The van der Waals surface area contributed by atoms with Gasteiger partial charge in [-0.15, -0.1) is 0 Å². The first kappa shape index (κ1) is 82.2. The molecule has 0 spiro atoms. The molecule has 0 aliphatic heterocycles. The molecule has 24 aromatic carbocycles. The van der Waals surface area contributed by atoms with E-state index in [-0.39, 0.29) is 0 Å². The van der Waals surface area contributed by atoms with E-state index in [1.807, 2.05) is 0 Å².